The molecule has 0 radical (unpaired) electrons. The molecule has 0 unspecified atom stereocenters. The zero-order chi connectivity index (χ0) is 14.2. The molecule has 1 fully saturated rings. The highest BCUT2D eigenvalue weighted by Crippen LogP contribution is 2.38. The molecule has 6 heteroatoms. The van der Waals surface area contributed by atoms with Crippen LogP contribution in [0.5, 0.6) is 0 Å². The van der Waals surface area contributed by atoms with E-state index in [1.165, 1.54) is 0 Å². The summed E-state index contributed by atoms with van der Waals surface area (Å²) in [6.07, 6.45) is 0.862. The molecule has 1 aromatic rings. The van der Waals surface area contributed by atoms with Gasteiger partial charge in [-0.05, 0) is 26.2 Å². The number of rotatable bonds is 4. The maximum absolute atomic E-state index is 11.7. The number of carbonyl (C=O) groups is 2. The first-order valence-corrected chi connectivity index (χ1v) is 6.36. The van der Waals surface area contributed by atoms with Gasteiger partial charge in [0, 0.05) is 7.05 Å². The Bertz CT molecular complexity index is 521. The Labute approximate surface area is 112 Å². The fourth-order valence-corrected chi connectivity index (χ4v) is 2.02. The largest absolute Gasteiger partial charge is 0.455 e. The van der Waals surface area contributed by atoms with Crippen LogP contribution in [0.15, 0.2) is 0 Å². The Hall–Kier alpha value is -1.85. The predicted octanol–water partition coefficient (Wildman–Crippen LogP) is 1.17. The van der Waals surface area contributed by atoms with Gasteiger partial charge in [0.25, 0.3) is 5.91 Å². The van der Waals surface area contributed by atoms with E-state index in [0.717, 1.165) is 17.8 Å². The van der Waals surface area contributed by atoms with Crippen molar-refractivity contribution in [3.05, 3.63) is 11.4 Å². The van der Waals surface area contributed by atoms with Crippen LogP contribution in [0.4, 0.5) is 5.69 Å². The van der Waals surface area contributed by atoms with E-state index in [2.05, 4.69) is 10.4 Å². The van der Waals surface area contributed by atoms with Crippen LogP contribution in [0, 0.1) is 25.7 Å². The number of esters is 1. The highest BCUT2D eigenvalue weighted by atomic mass is 16.5. The summed E-state index contributed by atoms with van der Waals surface area (Å²) < 4.78 is 6.68. The zero-order valence-electron chi connectivity index (χ0n) is 11.7. The summed E-state index contributed by atoms with van der Waals surface area (Å²) in [7, 11) is 1.81. The van der Waals surface area contributed by atoms with Crippen LogP contribution in [0.25, 0.3) is 0 Å². The SMILES string of the molecule is Cc1nn(C)c(C)c1NC(=O)COC(=O)[C@@H]1C[C@H]1C. The molecule has 19 heavy (non-hydrogen) atoms. The summed E-state index contributed by atoms with van der Waals surface area (Å²) in [4.78, 5) is 23.2. The van der Waals surface area contributed by atoms with E-state index >= 15 is 0 Å². The topological polar surface area (TPSA) is 73.2 Å². The Kier molecular flexibility index (Phi) is 3.59. The Morgan fingerprint density at radius 1 is 1.47 bits per heavy atom. The quantitative estimate of drug-likeness (QED) is 0.829. The smallest absolute Gasteiger partial charge is 0.309 e. The highest BCUT2D eigenvalue weighted by Gasteiger charge is 2.40. The van der Waals surface area contributed by atoms with Crippen molar-refractivity contribution in [2.75, 3.05) is 11.9 Å². The first-order chi connectivity index (χ1) is 8.90. The predicted molar refractivity (Wildman–Crippen MR) is 69.5 cm³/mol. The first-order valence-electron chi connectivity index (χ1n) is 6.36. The lowest BCUT2D eigenvalue weighted by Gasteiger charge is -2.06. The minimum Gasteiger partial charge on any atom is -0.455 e. The molecule has 2 rings (SSSR count). The summed E-state index contributed by atoms with van der Waals surface area (Å²) >= 11 is 0. The van der Waals surface area contributed by atoms with Gasteiger partial charge < -0.3 is 10.1 Å². The van der Waals surface area contributed by atoms with E-state index in [1.807, 2.05) is 27.8 Å². The molecule has 1 saturated carbocycles. The minimum atomic E-state index is -0.333. The van der Waals surface area contributed by atoms with Crippen molar-refractivity contribution < 1.29 is 14.3 Å². The third-order valence-electron chi connectivity index (χ3n) is 3.53. The molecule has 104 valence electrons. The average molecular weight is 265 g/mol. The lowest BCUT2D eigenvalue weighted by atomic mass is 10.3. The van der Waals surface area contributed by atoms with E-state index in [0.29, 0.717) is 11.6 Å². The van der Waals surface area contributed by atoms with Gasteiger partial charge in [0.05, 0.1) is 23.0 Å². The maximum atomic E-state index is 11.7. The van der Waals surface area contributed by atoms with Crippen LogP contribution >= 0.6 is 0 Å². The number of hydrogen-bond acceptors (Lipinski definition) is 4. The summed E-state index contributed by atoms with van der Waals surface area (Å²) in [5.41, 5.74) is 2.30. The van der Waals surface area contributed by atoms with Gasteiger partial charge in [-0.1, -0.05) is 6.92 Å². The molecular weight excluding hydrogens is 246 g/mol. The van der Waals surface area contributed by atoms with Crippen molar-refractivity contribution in [3.63, 3.8) is 0 Å². The summed E-state index contributed by atoms with van der Waals surface area (Å²) in [5.74, 6) is -0.240. The molecule has 1 aliphatic carbocycles. The number of nitrogens with one attached hydrogen (secondary N) is 1. The fraction of sp³-hybridized carbons (Fsp3) is 0.615. The van der Waals surface area contributed by atoms with Gasteiger partial charge >= 0.3 is 5.97 Å². The number of aromatic nitrogens is 2. The standard InChI is InChI=1S/C13H19N3O3/c1-7-5-10(7)13(18)19-6-11(17)14-12-8(2)15-16(4)9(12)3/h7,10H,5-6H2,1-4H3,(H,14,17)/t7-,10-/m1/s1. The number of aryl methyl sites for hydroxylation is 2. The molecule has 6 nitrogen and oxygen atoms in total. The van der Waals surface area contributed by atoms with Crippen LogP contribution in [0.3, 0.4) is 0 Å². The molecule has 2 atom stereocenters. The highest BCUT2D eigenvalue weighted by molar-refractivity contribution is 5.94. The summed E-state index contributed by atoms with van der Waals surface area (Å²) in [6, 6.07) is 0. The second kappa shape index (κ2) is 5.03. The molecule has 1 heterocycles. The number of ether oxygens (including phenoxy) is 1. The van der Waals surface area contributed by atoms with Gasteiger partial charge in [-0.25, -0.2) is 0 Å². The molecule has 1 N–H and O–H groups in total. The number of hydrogen-bond donors (Lipinski definition) is 1. The number of amides is 1. The van der Waals surface area contributed by atoms with E-state index in [-0.39, 0.29) is 24.4 Å². The molecule has 0 aromatic carbocycles. The number of carbonyl (C=O) groups excluding carboxylic acids is 2. The van der Waals surface area contributed by atoms with Crippen LogP contribution in [0.2, 0.25) is 0 Å². The molecule has 0 bridgehead atoms. The maximum Gasteiger partial charge on any atom is 0.309 e. The van der Waals surface area contributed by atoms with Crippen LogP contribution < -0.4 is 5.32 Å². The van der Waals surface area contributed by atoms with Crippen LogP contribution in [-0.2, 0) is 21.4 Å². The van der Waals surface area contributed by atoms with Gasteiger partial charge in [0.2, 0.25) is 0 Å². The van der Waals surface area contributed by atoms with Gasteiger partial charge in [0.15, 0.2) is 6.61 Å². The molecule has 0 aliphatic heterocycles. The van der Waals surface area contributed by atoms with Gasteiger partial charge in [-0.2, -0.15) is 5.10 Å². The van der Waals surface area contributed by atoms with Gasteiger partial charge in [0.1, 0.15) is 0 Å². The summed E-state index contributed by atoms with van der Waals surface area (Å²) in [5, 5.41) is 6.93. The van der Waals surface area contributed by atoms with E-state index in [1.54, 1.807) is 4.68 Å². The van der Waals surface area contributed by atoms with Crippen molar-refractivity contribution in [2.24, 2.45) is 18.9 Å². The Balaban J connectivity index is 1.86. The molecule has 1 aliphatic rings. The lowest BCUT2D eigenvalue weighted by Crippen LogP contribution is -2.22. The van der Waals surface area contributed by atoms with E-state index < -0.39 is 0 Å². The second-order valence-electron chi connectivity index (χ2n) is 5.14. The minimum absolute atomic E-state index is 0.0188. The summed E-state index contributed by atoms with van der Waals surface area (Å²) in [6.45, 7) is 5.44. The van der Waals surface area contributed by atoms with Crippen molar-refractivity contribution in [3.8, 4) is 0 Å². The Morgan fingerprint density at radius 2 is 2.11 bits per heavy atom. The van der Waals surface area contributed by atoms with E-state index in [9.17, 15) is 9.59 Å². The molecule has 0 saturated heterocycles. The molecule has 1 amide bonds. The van der Waals surface area contributed by atoms with Gasteiger partial charge in [-0.3, -0.25) is 14.3 Å². The fourth-order valence-electron chi connectivity index (χ4n) is 2.02. The number of anilines is 1. The molecule has 1 aromatic heterocycles. The van der Waals surface area contributed by atoms with Crippen molar-refractivity contribution in [2.45, 2.75) is 27.2 Å². The first kappa shape index (κ1) is 13.6. The van der Waals surface area contributed by atoms with E-state index in [4.69, 9.17) is 4.74 Å². The molecular formula is C13H19N3O3. The third kappa shape index (κ3) is 2.94. The zero-order valence-corrected chi connectivity index (χ0v) is 11.7. The van der Waals surface area contributed by atoms with Crippen molar-refractivity contribution >= 4 is 17.6 Å². The molecule has 0 spiro atoms. The number of nitrogens with zero attached hydrogens (tertiary/aromatic N) is 2. The monoisotopic (exact) mass is 265 g/mol. The van der Waals surface area contributed by atoms with Gasteiger partial charge in [-0.15, -0.1) is 0 Å². The van der Waals surface area contributed by atoms with Crippen LogP contribution in [0.1, 0.15) is 24.7 Å². The van der Waals surface area contributed by atoms with Crippen molar-refractivity contribution in [1.82, 2.24) is 9.78 Å². The van der Waals surface area contributed by atoms with Crippen molar-refractivity contribution in [1.29, 1.82) is 0 Å². The lowest BCUT2D eigenvalue weighted by molar-refractivity contribution is -0.148. The third-order valence-corrected chi connectivity index (χ3v) is 3.53. The van der Waals surface area contributed by atoms with Crippen LogP contribution in [-0.4, -0.2) is 28.3 Å². The Morgan fingerprint density at radius 3 is 2.58 bits per heavy atom. The normalized spacial score (nSPS) is 21.1. The average Bonchev–Trinajstić information content (AvgIpc) is 3.03. The second-order valence-corrected chi connectivity index (χ2v) is 5.14.